The van der Waals surface area contributed by atoms with Crippen molar-refractivity contribution in [3.8, 4) is 0 Å². The average Bonchev–Trinajstić information content (AvgIpc) is 3.01. The Balaban J connectivity index is 1.39. The molecule has 2 heterocycles. The molecule has 2 aromatic carbocycles. The summed E-state index contributed by atoms with van der Waals surface area (Å²) in [7, 11) is 0. The monoisotopic (exact) mass is 365 g/mol. The molecule has 0 saturated carbocycles. The number of benzene rings is 2. The maximum absolute atomic E-state index is 12.6. The van der Waals surface area contributed by atoms with Crippen LogP contribution in [0.1, 0.15) is 36.5 Å². The molecule has 0 spiro atoms. The van der Waals surface area contributed by atoms with Crippen molar-refractivity contribution in [2.45, 2.75) is 31.5 Å². The first-order chi connectivity index (χ1) is 13.2. The summed E-state index contributed by atoms with van der Waals surface area (Å²) >= 11 is 0. The second-order valence-electron chi connectivity index (χ2n) is 7.15. The van der Waals surface area contributed by atoms with Gasteiger partial charge < -0.3 is 14.4 Å². The molecule has 2 aliphatic heterocycles. The molecule has 2 aromatic rings. The third kappa shape index (κ3) is 3.97. The van der Waals surface area contributed by atoms with Crippen LogP contribution in [0.25, 0.3) is 0 Å². The number of amides is 1. The Labute approximate surface area is 158 Å². The molecule has 0 aromatic heterocycles. The SMILES string of the molecule is O=C(CC[C@@H]1CCN2C[C@H]1OC2=O)OC(c1ccccc1)c1ccccc1. The molecule has 0 aliphatic carbocycles. The molecular weight excluding hydrogens is 342 g/mol. The smallest absolute Gasteiger partial charge is 0.410 e. The van der Waals surface area contributed by atoms with E-state index in [9.17, 15) is 9.59 Å². The lowest BCUT2D eigenvalue weighted by Gasteiger charge is -2.27. The van der Waals surface area contributed by atoms with Crippen molar-refractivity contribution in [1.82, 2.24) is 4.90 Å². The van der Waals surface area contributed by atoms with E-state index in [1.165, 1.54) is 0 Å². The molecule has 1 amide bonds. The van der Waals surface area contributed by atoms with Crippen molar-refractivity contribution in [2.75, 3.05) is 13.1 Å². The Kier molecular flexibility index (Phi) is 5.10. The van der Waals surface area contributed by atoms with Gasteiger partial charge in [-0.2, -0.15) is 0 Å². The highest BCUT2D eigenvalue weighted by atomic mass is 16.6. The summed E-state index contributed by atoms with van der Waals surface area (Å²) in [6, 6.07) is 19.6. The van der Waals surface area contributed by atoms with Gasteiger partial charge in [-0.25, -0.2) is 4.79 Å². The Morgan fingerprint density at radius 3 is 2.33 bits per heavy atom. The number of fused-ring (bicyclic) bond motifs is 2. The highest BCUT2D eigenvalue weighted by Gasteiger charge is 2.40. The first-order valence-corrected chi connectivity index (χ1v) is 9.45. The Hall–Kier alpha value is -2.82. The van der Waals surface area contributed by atoms with Gasteiger partial charge in [0.15, 0.2) is 6.10 Å². The van der Waals surface area contributed by atoms with Crippen LogP contribution in [0.3, 0.4) is 0 Å². The summed E-state index contributed by atoms with van der Waals surface area (Å²) in [4.78, 5) is 25.9. The van der Waals surface area contributed by atoms with Crippen LogP contribution in [0.2, 0.25) is 0 Å². The van der Waals surface area contributed by atoms with E-state index in [1.807, 2.05) is 60.7 Å². The van der Waals surface area contributed by atoms with Gasteiger partial charge in [0, 0.05) is 18.9 Å². The largest absolute Gasteiger partial charge is 0.453 e. The number of esters is 1. The van der Waals surface area contributed by atoms with Crippen LogP contribution in [0, 0.1) is 5.92 Å². The molecule has 0 unspecified atom stereocenters. The Bertz CT molecular complexity index is 753. The molecule has 2 fully saturated rings. The minimum Gasteiger partial charge on any atom is -0.453 e. The number of hydrogen-bond donors (Lipinski definition) is 0. The number of piperidine rings is 1. The Morgan fingerprint density at radius 2 is 1.70 bits per heavy atom. The van der Waals surface area contributed by atoms with Gasteiger partial charge in [0.25, 0.3) is 0 Å². The van der Waals surface area contributed by atoms with Gasteiger partial charge in [0.05, 0.1) is 6.54 Å². The molecule has 5 heteroatoms. The van der Waals surface area contributed by atoms with Gasteiger partial charge in [0.2, 0.25) is 0 Å². The van der Waals surface area contributed by atoms with Crippen molar-refractivity contribution in [1.29, 1.82) is 0 Å². The number of ether oxygens (including phenoxy) is 2. The third-order valence-corrected chi connectivity index (χ3v) is 5.38. The third-order valence-electron chi connectivity index (χ3n) is 5.38. The standard InChI is InChI=1S/C22H23NO4/c24-20(12-11-16-13-14-23-15-19(16)26-22(23)25)27-21(17-7-3-1-4-8-17)18-9-5-2-6-10-18/h1-10,16,19,21H,11-15H2/t16-,19-/m1/s1. The van der Waals surface area contributed by atoms with Crippen LogP contribution in [0.5, 0.6) is 0 Å². The van der Waals surface area contributed by atoms with E-state index < -0.39 is 6.10 Å². The summed E-state index contributed by atoms with van der Waals surface area (Å²) in [5.74, 6) is 0.00612. The fraction of sp³-hybridized carbons (Fsp3) is 0.364. The predicted octanol–water partition coefficient (Wildman–Crippen LogP) is 3.94. The number of hydrogen-bond acceptors (Lipinski definition) is 4. The first-order valence-electron chi connectivity index (χ1n) is 9.45. The predicted molar refractivity (Wildman–Crippen MR) is 100 cm³/mol. The van der Waals surface area contributed by atoms with Crippen LogP contribution >= 0.6 is 0 Å². The van der Waals surface area contributed by atoms with Crippen LogP contribution in [-0.4, -0.2) is 36.2 Å². The Morgan fingerprint density at radius 1 is 1.07 bits per heavy atom. The highest BCUT2D eigenvalue weighted by Crippen LogP contribution is 2.31. The van der Waals surface area contributed by atoms with E-state index >= 15 is 0 Å². The first kappa shape index (κ1) is 17.6. The summed E-state index contributed by atoms with van der Waals surface area (Å²) < 4.78 is 11.2. The second-order valence-corrected chi connectivity index (χ2v) is 7.15. The quantitative estimate of drug-likeness (QED) is 0.728. The van der Waals surface area contributed by atoms with Gasteiger partial charge in [-0.3, -0.25) is 4.79 Å². The van der Waals surface area contributed by atoms with Crippen LogP contribution in [0.15, 0.2) is 60.7 Å². The second kappa shape index (κ2) is 7.82. The van der Waals surface area contributed by atoms with Crippen LogP contribution < -0.4 is 0 Å². The molecule has 140 valence electrons. The lowest BCUT2D eigenvalue weighted by atomic mass is 9.90. The summed E-state index contributed by atoms with van der Waals surface area (Å²) in [6.07, 6.45) is 1.17. The molecule has 0 radical (unpaired) electrons. The number of carbonyl (C=O) groups excluding carboxylic acids is 2. The topological polar surface area (TPSA) is 55.8 Å². The maximum atomic E-state index is 12.6. The molecular formula is C22H23NO4. The fourth-order valence-corrected chi connectivity index (χ4v) is 3.88. The van der Waals surface area contributed by atoms with Gasteiger partial charge in [-0.05, 0) is 24.0 Å². The lowest BCUT2D eigenvalue weighted by Crippen LogP contribution is -2.36. The molecule has 5 nitrogen and oxygen atoms in total. The molecule has 27 heavy (non-hydrogen) atoms. The van der Waals surface area contributed by atoms with Crippen molar-refractivity contribution >= 4 is 12.1 Å². The van der Waals surface area contributed by atoms with Crippen molar-refractivity contribution in [2.24, 2.45) is 5.92 Å². The average molecular weight is 365 g/mol. The highest BCUT2D eigenvalue weighted by molar-refractivity contribution is 5.71. The zero-order chi connectivity index (χ0) is 18.6. The zero-order valence-electron chi connectivity index (χ0n) is 15.1. The number of rotatable bonds is 6. The minimum absolute atomic E-state index is 0.0851. The van der Waals surface area contributed by atoms with E-state index in [4.69, 9.17) is 9.47 Å². The summed E-state index contributed by atoms with van der Waals surface area (Å²) in [6.45, 7) is 1.36. The van der Waals surface area contributed by atoms with E-state index in [1.54, 1.807) is 4.90 Å². The number of nitrogens with zero attached hydrogens (tertiary/aromatic N) is 1. The van der Waals surface area contributed by atoms with Gasteiger partial charge >= 0.3 is 12.1 Å². The van der Waals surface area contributed by atoms with Gasteiger partial charge in [-0.1, -0.05) is 60.7 Å². The normalized spacial score (nSPS) is 21.2. The van der Waals surface area contributed by atoms with Crippen molar-refractivity contribution in [3.05, 3.63) is 71.8 Å². The van der Waals surface area contributed by atoms with E-state index in [0.29, 0.717) is 25.9 Å². The van der Waals surface area contributed by atoms with Crippen molar-refractivity contribution in [3.63, 3.8) is 0 Å². The van der Waals surface area contributed by atoms with Crippen LogP contribution in [0.4, 0.5) is 4.79 Å². The van der Waals surface area contributed by atoms with E-state index in [2.05, 4.69) is 0 Å². The van der Waals surface area contributed by atoms with Crippen LogP contribution in [-0.2, 0) is 14.3 Å². The molecule has 4 rings (SSSR count). The fourth-order valence-electron chi connectivity index (χ4n) is 3.88. The molecule has 2 saturated heterocycles. The number of carbonyl (C=O) groups is 2. The van der Waals surface area contributed by atoms with E-state index in [-0.39, 0.29) is 24.1 Å². The molecule has 2 bridgehead atoms. The summed E-state index contributed by atoms with van der Waals surface area (Å²) in [5, 5.41) is 0. The molecule has 2 aliphatic rings. The maximum Gasteiger partial charge on any atom is 0.410 e. The van der Waals surface area contributed by atoms with E-state index in [0.717, 1.165) is 17.5 Å². The van der Waals surface area contributed by atoms with Crippen molar-refractivity contribution < 1.29 is 19.1 Å². The molecule has 2 atom stereocenters. The summed E-state index contributed by atoms with van der Waals surface area (Å²) in [5.41, 5.74) is 1.91. The lowest BCUT2D eigenvalue weighted by molar-refractivity contribution is -0.148. The van der Waals surface area contributed by atoms with Gasteiger partial charge in [0.1, 0.15) is 6.10 Å². The molecule has 0 N–H and O–H groups in total. The minimum atomic E-state index is -0.411. The van der Waals surface area contributed by atoms with Gasteiger partial charge in [-0.15, -0.1) is 0 Å². The zero-order valence-corrected chi connectivity index (χ0v) is 15.1.